The van der Waals surface area contributed by atoms with Crippen molar-refractivity contribution in [1.82, 2.24) is 10.2 Å². The Balaban J connectivity index is 2.62. The van der Waals surface area contributed by atoms with Crippen LogP contribution in [-0.2, 0) is 10.0 Å². The van der Waals surface area contributed by atoms with E-state index >= 15 is 0 Å². The maximum absolute atomic E-state index is 13.0. The fourth-order valence-electron chi connectivity index (χ4n) is 2.10. The van der Waals surface area contributed by atoms with E-state index in [2.05, 4.69) is 10.2 Å². The van der Waals surface area contributed by atoms with E-state index in [1.54, 1.807) is 19.1 Å². The molecule has 1 aromatic carbocycles. The number of methoxy groups -OCH3 is 1. The van der Waals surface area contributed by atoms with Crippen molar-refractivity contribution in [3.63, 3.8) is 0 Å². The number of carbonyl (C=O) groups excluding carboxylic acids is 1. The average molecular weight is 335 g/mol. The number of benzene rings is 1. The Bertz CT molecular complexity index is 807. The Kier molecular flexibility index (Phi) is 4.95. The van der Waals surface area contributed by atoms with Gasteiger partial charge in [0.1, 0.15) is 10.6 Å². The van der Waals surface area contributed by atoms with Gasteiger partial charge in [-0.25, -0.2) is 12.7 Å². The minimum atomic E-state index is -3.95. The van der Waals surface area contributed by atoms with Crippen LogP contribution >= 0.6 is 0 Å². The summed E-state index contributed by atoms with van der Waals surface area (Å²) in [5.41, 5.74) is 0.291. The van der Waals surface area contributed by atoms with Crippen molar-refractivity contribution in [2.75, 3.05) is 18.0 Å². The summed E-state index contributed by atoms with van der Waals surface area (Å²) in [6.07, 6.45) is 1.46. The molecule has 0 atom stereocenters. The normalized spacial score (nSPS) is 11.1. The summed E-state index contributed by atoms with van der Waals surface area (Å²) in [7, 11) is -2.57. The zero-order chi connectivity index (χ0) is 17.0. The van der Waals surface area contributed by atoms with Gasteiger partial charge in [0.15, 0.2) is 11.6 Å². The highest BCUT2D eigenvalue weighted by Gasteiger charge is 2.28. The first-order valence-electron chi connectivity index (χ1n) is 6.91. The van der Waals surface area contributed by atoms with Crippen LogP contribution in [0.25, 0.3) is 0 Å². The molecule has 2 aromatic rings. The number of carbonyl (C=O) groups is 1. The molecule has 0 saturated heterocycles. The smallest absolute Gasteiger partial charge is 0.269 e. The van der Waals surface area contributed by atoms with Gasteiger partial charge in [0.25, 0.3) is 10.0 Å². The second-order valence-corrected chi connectivity index (χ2v) is 6.50. The summed E-state index contributed by atoms with van der Waals surface area (Å²) in [5.74, 6) is 0.134. The van der Waals surface area contributed by atoms with Gasteiger partial charge in [0.2, 0.25) is 0 Å². The SMILES string of the molecule is CCN(c1cccnn1)S(=O)(=O)c1cc(C(C)=O)ccc1OC. The molecule has 0 aliphatic rings. The van der Waals surface area contributed by atoms with Gasteiger partial charge in [-0.05, 0) is 44.2 Å². The van der Waals surface area contributed by atoms with Crippen molar-refractivity contribution in [2.24, 2.45) is 0 Å². The van der Waals surface area contributed by atoms with Crippen molar-refractivity contribution in [3.8, 4) is 5.75 Å². The van der Waals surface area contributed by atoms with E-state index in [1.807, 2.05) is 0 Å². The van der Waals surface area contributed by atoms with Crippen LogP contribution in [0.1, 0.15) is 24.2 Å². The molecule has 0 spiro atoms. The number of rotatable bonds is 6. The molecular weight excluding hydrogens is 318 g/mol. The van der Waals surface area contributed by atoms with E-state index < -0.39 is 10.0 Å². The summed E-state index contributed by atoms with van der Waals surface area (Å²) < 4.78 is 32.2. The predicted molar refractivity (Wildman–Crippen MR) is 85.2 cm³/mol. The van der Waals surface area contributed by atoms with Gasteiger partial charge in [0.05, 0.1) is 7.11 Å². The molecule has 122 valence electrons. The molecule has 0 amide bonds. The van der Waals surface area contributed by atoms with Gasteiger partial charge in [0, 0.05) is 18.3 Å². The number of hydrogen-bond acceptors (Lipinski definition) is 6. The van der Waals surface area contributed by atoms with Crippen LogP contribution in [-0.4, -0.2) is 38.1 Å². The monoisotopic (exact) mass is 335 g/mol. The third kappa shape index (κ3) is 3.31. The third-order valence-corrected chi connectivity index (χ3v) is 5.14. The Labute approximate surface area is 135 Å². The second-order valence-electron chi connectivity index (χ2n) is 4.67. The molecule has 0 saturated carbocycles. The van der Waals surface area contributed by atoms with Crippen molar-refractivity contribution >= 4 is 21.6 Å². The zero-order valence-electron chi connectivity index (χ0n) is 13.1. The number of nitrogens with zero attached hydrogens (tertiary/aromatic N) is 3. The number of aromatic nitrogens is 2. The van der Waals surface area contributed by atoms with Crippen molar-refractivity contribution in [2.45, 2.75) is 18.7 Å². The first-order valence-corrected chi connectivity index (χ1v) is 8.35. The Morgan fingerprint density at radius 3 is 2.57 bits per heavy atom. The molecule has 7 nitrogen and oxygen atoms in total. The summed E-state index contributed by atoms with van der Waals surface area (Å²) in [4.78, 5) is 11.5. The van der Waals surface area contributed by atoms with Gasteiger partial charge in [-0.3, -0.25) is 4.79 Å². The lowest BCUT2D eigenvalue weighted by Gasteiger charge is -2.22. The molecule has 0 N–H and O–H groups in total. The van der Waals surface area contributed by atoms with Crippen LogP contribution in [0.3, 0.4) is 0 Å². The largest absolute Gasteiger partial charge is 0.495 e. The number of anilines is 1. The van der Waals surface area contributed by atoms with Crippen LogP contribution in [0.4, 0.5) is 5.82 Å². The molecule has 0 fully saturated rings. The van der Waals surface area contributed by atoms with E-state index in [9.17, 15) is 13.2 Å². The quantitative estimate of drug-likeness (QED) is 0.749. The number of ether oxygens (including phenoxy) is 1. The molecule has 23 heavy (non-hydrogen) atoms. The van der Waals surface area contributed by atoms with Crippen LogP contribution in [0.2, 0.25) is 0 Å². The van der Waals surface area contributed by atoms with Gasteiger partial charge < -0.3 is 4.74 Å². The molecule has 1 aromatic heterocycles. The lowest BCUT2D eigenvalue weighted by Crippen LogP contribution is -2.32. The van der Waals surface area contributed by atoms with Gasteiger partial charge in [-0.1, -0.05) is 0 Å². The summed E-state index contributed by atoms with van der Waals surface area (Å²) in [5, 5.41) is 7.55. The summed E-state index contributed by atoms with van der Waals surface area (Å²) in [6, 6.07) is 7.46. The van der Waals surface area contributed by atoms with E-state index in [1.165, 1.54) is 38.4 Å². The summed E-state index contributed by atoms with van der Waals surface area (Å²) in [6.45, 7) is 3.22. The Hall–Kier alpha value is -2.48. The number of ketones is 1. The number of Topliss-reactive ketones (excluding diaryl/α,β-unsaturated/α-hetero) is 1. The van der Waals surface area contributed by atoms with Crippen LogP contribution < -0.4 is 9.04 Å². The second kappa shape index (κ2) is 6.74. The van der Waals surface area contributed by atoms with Crippen molar-refractivity contribution < 1.29 is 17.9 Å². The van der Waals surface area contributed by atoms with Gasteiger partial charge in [-0.15, -0.1) is 5.10 Å². The molecule has 0 unspecified atom stereocenters. The Morgan fingerprint density at radius 2 is 2.04 bits per heavy atom. The number of hydrogen-bond donors (Lipinski definition) is 0. The fraction of sp³-hybridized carbons (Fsp3) is 0.267. The molecule has 0 bridgehead atoms. The molecular formula is C15H17N3O4S. The molecule has 8 heteroatoms. The lowest BCUT2D eigenvalue weighted by atomic mass is 10.1. The topological polar surface area (TPSA) is 89.5 Å². The number of sulfonamides is 1. The van der Waals surface area contributed by atoms with E-state index in [-0.39, 0.29) is 28.8 Å². The van der Waals surface area contributed by atoms with Crippen LogP contribution in [0.15, 0.2) is 41.4 Å². The average Bonchev–Trinajstić information content (AvgIpc) is 2.55. The minimum Gasteiger partial charge on any atom is -0.495 e. The fourth-order valence-corrected chi connectivity index (χ4v) is 3.70. The highest BCUT2D eigenvalue weighted by molar-refractivity contribution is 7.93. The molecule has 0 aliphatic heterocycles. The predicted octanol–water partition coefficient (Wildman–Crippen LogP) is 1.90. The molecule has 1 heterocycles. The molecule has 2 rings (SSSR count). The zero-order valence-corrected chi connectivity index (χ0v) is 13.9. The minimum absolute atomic E-state index is 0.0831. The van der Waals surface area contributed by atoms with Crippen molar-refractivity contribution in [1.29, 1.82) is 0 Å². The lowest BCUT2D eigenvalue weighted by molar-refractivity contribution is 0.101. The maximum atomic E-state index is 13.0. The van der Waals surface area contributed by atoms with Gasteiger partial charge in [-0.2, -0.15) is 5.10 Å². The van der Waals surface area contributed by atoms with Gasteiger partial charge >= 0.3 is 0 Å². The van der Waals surface area contributed by atoms with Crippen LogP contribution in [0, 0.1) is 0 Å². The first-order chi connectivity index (χ1) is 10.9. The van der Waals surface area contributed by atoms with Crippen molar-refractivity contribution in [3.05, 3.63) is 42.1 Å². The Morgan fingerprint density at radius 1 is 1.30 bits per heavy atom. The molecule has 0 radical (unpaired) electrons. The summed E-state index contributed by atoms with van der Waals surface area (Å²) >= 11 is 0. The first kappa shape index (κ1) is 16.9. The highest BCUT2D eigenvalue weighted by atomic mass is 32.2. The van der Waals surface area contributed by atoms with E-state index in [0.717, 1.165) is 4.31 Å². The molecule has 0 aliphatic carbocycles. The van der Waals surface area contributed by atoms with E-state index in [0.29, 0.717) is 5.56 Å². The third-order valence-electron chi connectivity index (χ3n) is 3.24. The van der Waals surface area contributed by atoms with Crippen LogP contribution in [0.5, 0.6) is 5.75 Å². The highest BCUT2D eigenvalue weighted by Crippen LogP contribution is 2.30. The standard InChI is InChI=1S/C15H17N3O4S/c1-4-18(15-6-5-9-16-17-15)23(20,21)14-10-12(11(2)19)7-8-13(14)22-3/h5-10H,4H2,1-3H3. The van der Waals surface area contributed by atoms with E-state index in [4.69, 9.17) is 4.74 Å². The maximum Gasteiger partial charge on any atom is 0.269 e.